The molecule has 22 heavy (non-hydrogen) atoms. The van der Waals surface area contributed by atoms with E-state index in [-0.39, 0.29) is 18.0 Å². The number of aliphatic hydroxyl groups excluding tert-OH is 1. The molecule has 0 amide bonds. The van der Waals surface area contributed by atoms with Crippen LogP contribution in [0.1, 0.15) is 31.9 Å². The molecule has 1 fully saturated rings. The van der Waals surface area contributed by atoms with E-state index < -0.39 is 0 Å². The number of aliphatic hydroxyl groups is 1. The minimum absolute atomic E-state index is 0.180. The summed E-state index contributed by atoms with van der Waals surface area (Å²) in [6.45, 7) is 3.48. The van der Waals surface area contributed by atoms with E-state index in [0.29, 0.717) is 12.4 Å². The van der Waals surface area contributed by atoms with Crippen LogP contribution in [0.2, 0.25) is 0 Å². The van der Waals surface area contributed by atoms with Crippen molar-refractivity contribution in [2.24, 2.45) is 0 Å². The average molecular weight is 304 g/mol. The number of halogens is 1. The van der Waals surface area contributed by atoms with Gasteiger partial charge in [-0.3, -0.25) is 4.90 Å². The highest BCUT2D eigenvalue weighted by molar-refractivity contribution is 5.52. The lowest BCUT2D eigenvalue weighted by molar-refractivity contribution is 0.0309. The van der Waals surface area contributed by atoms with Crippen LogP contribution in [-0.2, 0) is 6.54 Å². The van der Waals surface area contributed by atoms with Crippen molar-refractivity contribution >= 4 is 0 Å². The zero-order valence-electron chi connectivity index (χ0n) is 12.7. The molecule has 0 radical (unpaired) electrons. The number of rotatable bonds is 4. The van der Waals surface area contributed by atoms with E-state index in [1.54, 1.807) is 18.4 Å². The maximum Gasteiger partial charge on any atom is 0.226 e. The van der Waals surface area contributed by atoms with Gasteiger partial charge in [0.25, 0.3) is 0 Å². The van der Waals surface area contributed by atoms with Gasteiger partial charge in [-0.1, -0.05) is 6.42 Å². The van der Waals surface area contributed by atoms with Crippen molar-refractivity contribution in [1.82, 2.24) is 9.88 Å². The summed E-state index contributed by atoms with van der Waals surface area (Å²) >= 11 is 0. The fourth-order valence-electron chi connectivity index (χ4n) is 3.07. The third-order valence-corrected chi connectivity index (χ3v) is 4.23. The molecule has 2 heterocycles. The Morgan fingerprint density at radius 1 is 1.36 bits per heavy atom. The lowest BCUT2D eigenvalue weighted by atomic mass is 9.98. The molecule has 0 spiro atoms. The standard InChI is InChI=1S/C17H21FN2O2/c1-12(21)16-4-2-3-9-20(16)10-15-11-22-17(19-15)13-5-7-14(18)8-6-13/h5-8,11-12,16,21H,2-4,9-10H2,1H3. The van der Waals surface area contributed by atoms with Gasteiger partial charge >= 0.3 is 0 Å². The van der Waals surface area contributed by atoms with Crippen LogP contribution in [0.25, 0.3) is 11.5 Å². The van der Waals surface area contributed by atoms with Crippen LogP contribution in [0.4, 0.5) is 4.39 Å². The van der Waals surface area contributed by atoms with Crippen molar-refractivity contribution in [2.75, 3.05) is 6.54 Å². The van der Waals surface area contributed by atoms with Crippen LogP contribution in [-0.4, -0.2) is 33.7 Å². The first kappa shape index (κ1) is 15.2. The van der Waals surface area contributed by atoms with E-state index in [1.807, 2.05) is 6.92 Å². The van der Waals surface area contributed by atoms with Gasteiger partial charge in [-0.25, -0.2) is 9.37 Å². The van der Waals surface area contributed by atoms with Gasteiger partial charge in [0.05, 0.1) is 11.8 Å². The van der Waals surface area contributed by atoms with Crippen molar-refractivity contribution in [2.45, 2.75) is 44.9 Å². The quantitative estimate of drug-likeness (QED) is 0.942. The Balaban J connectivity index is 1.72. The summed E-state index contributed by atoms with van der Waals surface area (Å²) in [6.07, 6.45) is 4.62. The molecule has 1 aliphatic heterocycles. The molecular formula is C17H21FN2O2. The molecular weight excluding hydrogens is 283 g/mol. The summed E-state index contributed by atoms with van der Waals surface area (Å²) in [5.41, 5.74) is 1.60. The average Bonchev–Trinajstić information content (AvgIpc) is 2.97. The Bertz CT molecular complexity index is 609. The lowest BCUT2D eigenvalue weighted by Crippen LogP contribution is -2.45. The van der Waals surface area contributed by atoms with E-state index in [4.69, 9.17) is 4.42 Å². The molecule has 0 aliphatic carbocycles. The molecule has 118 valence electrons. The Hall–Kier alpha value is -1.72. The Morgan fingerprint density at radius 2 is 2.14 bits per heavy atom. The molecule has 1 aliphatic rings. The Morgan fingerprint density at radius 3 is 2.86 bits per heavy atom. The van der Waals surface area contributed by atoms with Gasteiger partial charge in [0.2, 0.25) is 5.89 Å². The Labute approximate surface area is 129 Å². The van der Waals surface area contributed by atoms with Crippen LogP contribution >= 0.6 is 0 Å². The monoisotopic (exact) mass is 304 g/mol. The summed E-state index contributed by atoms with van der Waals surface area (Å²) < 4.78 is 18.5. The zero-order chi connectivity index (χ0) is 15.5. The number of benzene rings is 1. The van der Waals surface area contributed by atoms with E-state index >= 15 is 0 Å². The molecule has 1 saturated heterocycles. The minimum atomic E-state index is -0.344. The van der Waals surface area contributed by atoms with Gasteiger partial charge in [-0.15, -0.1) is 0 Å². The van der Waals surface area contributed by atoms with Gasteiger partial charge in [0, 0.05) is 18.2 Å². The highest BCUT2D eigenvalue weighted by atomic mass is 19.1. The van der Waals surface area contributed by atoms with Gasteiger partial charge in [0.15, 0.2) is 0 Å². The summed E-state index contributed by atoms with van der Waals surface area (Å²) in [5.74, 6) is 0.226. The molecule has 2 aromatic rings. The number of piperidine rings is 1. The number of hydrogen-bond acceptors (Lipinski definition) is 4. The second-order valence-electron chi connectivity index (χ2n) is 5.93. The molecule has 0 saturated carbocycles. The molecule has 2 atom stereocenters. The summed E-state index contributed by atoms with van der Waals surface area (Å²) in [6, 6.07) is 6.29. The molecule has 1 N–H and O–H groups in total. The van der Waals surface area contributed by atoms with Gasteiger partial charge in [0.1, 0.15) is 12.1 Å². The van der Waals surface area contributed by atoms with Gasteiger partial charge in [-0.2, -0.15) is 0 Å². The molecule has 0 bridgehead atoms. The van der Waals surface area contributed by atoms with Crippen molar-refractivity contribution in [1.29, 1.82) is 0 Å². The fraction of sp³-hybridized carbons (Fsp3) is 0.471. The highest BCUT2D eigenvalue weighted by Crippen LogP contribution is 2.24. The number of aromatic nitrogens is 1. The first-order valence-electron chi connectivity index (χ1n) is 7.76. The fourth-order valence-corrected chi connectivity index (χ4v) is 3.07. The van der Waals surface area contributed by atoms with Crippen molar-refractivity contribution < 1.29 is 13.9 Å². The minimum Gasteiger partial charge on any atom is -0.444 e. The topological polar surface area (TPSA) is 49.5 Å². The molecule has 4 nitrogen and oxygen atoms in total. The van der Waals surface area contributed by atoms with Gasteiger partial charge < -0.3 is 9.52 Å². The SMILES string of the molecule is CC(O)C1CCCCN1Cc1coc(-c2ccc(F)cc2)n1. The predicted molar refractivity (Wildman–Crippen MR) is 81.6 cm³/mol. The maximum absolute atomic E-state index is 13.0. The summed E-state index contributed by atoms with van der Waals surface area (Å²) in [7, 11) is 0. The molecule has 1 aromatic heterocycles. The van der Waals surface area contributed by atoms with E-state index in [2.05, 4.69) is 9.88 Å². The molecule has 5 heteroatoms. The first-order chi connectivity index (χ1) is 10.6. The molecule has 3 rings (SSSR count). The summed E-state index contributed by atoms with van der Waals surface area (Å²) in [4.78, 5) is 6.75. The number of hydrogen-bond donors (Lipinski definition) is 1. The van der Waals surface area contributed by atoms with Crippen LogP contribution < -0.4 is 0 Å². The second-order valence-corrected chi connectivity index (χ2v) is 5.93. The zero-order valence-corrected chi connectivity index (χ0v) is 12.7. The maximum atomic E-state index is 13.0. The van der Waals surface area contributed by atoms with E-state index in [1.165, 1.54) is 12.1 Å². The number of oxazole rings is 1. The number of likely N-dealkylation sites (tertiary alicyclic amines) is 1. The van der Waals surface area contributed by atoms with E-state index in [0.717, 1.165) is 37.1 Å². The summed E-state index contributed by atoms with van der Waals surface area (Å²) in [5, 5.41) is 9.91. The van der Waals surface area contributed by atoms with Crippen LogP contribution in [0.15, 0.2) is 34.9 Å². The van der Waals surface area contributed by atoms with Crippen LogP contribution in [0.3, 0.4) is 0 Å². The number of nitrogens with zero attached hydrogens (tertiary/aromatic N) is 2. The molecule has 2 unspecified atom stereocenters. The third kappa shape index (κ3) is 3.36. The van der Waals surface area contributed by atoms with E-state index in [9.17, 15) is 9.50 Å². The molecule has 1 aromatic carbocycles. The normalized spacial score (nSPS) is 21.0. The first-order valence-corrected chi connectivity index (χ1v) is 7.76. The predicted octanol–water partition coefficient (Wildman–Crippen LogP) is 3.22. The Kier molecular flexibility index (Phi) is 4.55. The third-order valence-electron chi connectivity index (χ3n) is 4.23. The largest absolute Gasteiger partial charge is 0.444 e. The lowest BCUT2D eigenvalue weighted by Gasteiger charge is -2.36. The second kappa shape index (κ2) is 6.58. The van der Waals surface area contributed by atoms with Crippen molar-refractivity contribution in [3.05, 3.63) is 42.0 Å². The smallest absolute Gasteiger partial charge is 0.226 e. The van der Waals surface area contributed by atoms with Crippen LogP contribution in [0.5, 0.6) is 0 Å². The van der Waals surface area contributed by atoms with Crippen LogP contribution in [0, 0.1) is 5.82 Å². The van der Waals surface area contributed by atoms with Gasteiger partial charge in [-0.05, 0) is 50.6 Å². The van der Waals surface area contributed by atoms with Crippen molar-refractivity contribution in [3.63, 3.8) is 0 Å². The van der Waals surface area contributed by atoms with Crippen molar-refractivity contribution in [3.8, 4) is 11.5 Å². The highest BCUT2D eigenvalue weighted by Gasteiger charge is 2.26.